The minimum Gasteiger partial charge on any atom is -0.298 e. The van der Waals surface area contributed by atoms with Crippen LogP contribution in [0.1, 0.15) is 10.4 Å². The molecule has 0 bridgehead atoms. The third kappa shape index (κ3) is 2.77. The summed E-state index contributed by atoms with van der Waals surface area (Å²) in [6.07, 6.45) is 0. The Morgan fingerprint density at radius 2 is 1.95 bits per heavy atom. The van der Waals surface area contributed by atoms with Gasteiger partial charge in [-0.1, -0.05) is 39.4 Å². The lowest BCUT2D eigenvalue weighted by Crippen LogP contribution is -2.11. The van der Waals surface area contributed by atoms with Gasteiger partial charge >= 0.3 is 0 Å². The fraction of sp³-hybridized carbons (Fsp3) is 0. The maximum absolute atomic E-state index is 12.2. The Kier molecular flexibility index (Phi) is 3.87. The number of nitrogens with one attached hydrogen (secondary N) is 1. The number of carbonyl (C=O) groups excluding carboxylic acids is 1. The zero-order valence-corrected chi connectivity index (χ0v) is 14.0. The molecule has 6 heteroatoms. The van der Waals surface area contributed by atoms with E-state index in [-0.39, 0.29) is 5.91 Å². The summed E-state index contributed by atoms with van der Waals surface area (Å²) in [5, 5.41) is 3.42. The van der Waals surface area contributed by atoms with E-state index in [1.807, 2.05) is 30.3 Å². The van der Waals surface area contributed by atoms with Crippen LogP contribution in [-0.2, 0) is 0 Å². The third-order valence-corrected chi connectivity index (χ3v) is 4.75. The molecule has 0 saturated carbocycles. The van der Waals surface area contributed by atoms with Crippen LogP contribution in [0.2, 0.25) is 0 Å². The number of halogens is 2. The van der Waals surface area contributed by atoms with E-state index in [2.05, 4.69) is 42.2 Å². The van der Waals surface area contributed by atoms with Crippen LogP contribution in [0.5, 0.6) is 0 Å². The second-order valence-corrected chi connectivity index (χ2v) is 6.87. The lowest BCUT2D eigenvalue weighted by molar-refractivity contribution is 0.102. The molecule has 3 aromatic rings. The van der Waals surface area contributed by atoms with Gasteiger partial charge in [0.1, 0.15) is 0 Å². The lowest BCUT2D eigenvalue weighted by atomic mass is 10.2. The molecule has 0 saturated heterocycles. The molecule has 2 aromatic carbocycles. The monoisotopic (exact) mass is 410 g/mol. The summed E-state index contributed by atoms with van der Waals surface area (Å²) in [4.78, 5) is 16.6. The first-order chi connectivity index (χ1) is 9.63. The SMILES string of the molecule is O=C(Nc1nc2c(Br)cccc2s1)c1cccc(Br)c1. The number of para-hydroxylation sites is 1. The molecule has 3 rings (SSSR count). The number of fused-ring (bicyclic) bond motifs is 1. The van der Waals surface area contributed by atoms with Crippen LogP contribution in [0.15, 0.2) is 51.4 Å². The molecule has 0 aliphatic heterocycles. The van der Waals surface area contributed by atoms with Gasteiger partial charge in [0.15, 0.2) is 5.13 Å². The van der Waals surface area contributed by atoms with Gasteiger partial charge in [0.2, 0.25) is 0 Å². The summed E-state index contributed by atoms with van der Waals surface area (Å²) in [7, 11) is 0. The molecule has 0 radical (unpaired) electrons. The van der Waals surface area contributed by atoms with E-state index in [4.69, 9.17) is 0 Å². The van der Waals surface area contributed by atoms with Crippen LogP contribution in [0.3, 0.4) is 0 Å². The van der Waals surface area contributed by atoms with Crippen molar-refractivity contribution >= 4 is 64.5 Å². The molecule has 100 valence electrons. The van der Waals surface area contributed by atoms with Gasteiger partial charge in [-0.05, 0) is 46.3 Å². The molecule has 0 aliphatic carbocycles. The first kappa shape index (κ1) is 13.7. The Morgan fingerprint density at radius 3 is 2.70 bits per heavy atom. The van der Waals surface area contributed by atoms with Gasteiger partial charge in [0, 0.05) is 14.5 Å². The highest BCUT2D eigenvalue weighted by Gasteiger charge is 2.11. The number of hydrogen-bond acceptors (Lipinski definition) is 3. The smallest absolute Gasteiger partial charge is 0.257 e. The van der Waals surface area contributed by atoms with Crippen molar-refractivity contribution in [3.63, 3.8) is 0 Å². The molecule has 0 aliphatic rings. The number of aromatic nitrogens is 1. The second kappa shape index (κ2) is 5.63. The van der Waals surface area contributed by atoms with Crippen molar-refractivity contribution in [3.05, 3.63) is 57.0 Å². The third-order valence-electron chi connectivity index (χ3n) is 2.68. The zero-order chi connectivity index (χ0) is 14.1. The van der Waals surface area contributed by atoms with Gasteiger partial charge in [-0.15, -0.1) is 0 Å². The topological polar surface area (TPSA) is 42.0 Å². The predicted molar refractivity (Wildman–Crippen MR) is 89.4 cm³/mol. The highest BCUT2D eigenvalue weighted by atomic mass is 79.9. The van der Waals surface area contributed by atoms with Crippen LogP contribution in [-0.4, -0.2) is 10.9 Å². The van der Waals surface area contributed by atoms with Gasteiger partial charge in [-0.2, -0.15) is 0 Å². The molecule has 1 amide bonds. The predicted octanol–water partition coefficient (Wildman–Crippen LogP) is 5.07. The zero-order valence-electron chi connectivity index (χ0n) is 10.1. The van der Waals surface area contributed by atoms with Crippen molar-refractivity contribution in [2.75, 3.05) is 5.32 Å². The number of rotatable bonds is 2. The summed E-state index contributed by atoms with van der Waals surface area (Å²) in [5.41, 5.74) is 1.46. The molecule has 0 atom stereocenters. The van der Waals surface area contributed by atoms with Crippen molar-refractivity contribution in [2.24, 2.45) is 0 Å². The largest absolute Gasteiger partial charge is 0.298 e. The van der Waals surface area contributed by atoms with Crippen molar-refractivity contribution in [1.29, 1.82) is 0 Å². The quantitative estimate of drug-likeness (QED) is 0.639. The molecule has 0 unspecified atom stereocenters. The van der Waals surface area contributed by atoms with Crippen molar-refractivity contribution in [3.8, 4) is 0 Å². The van der Waals surface area contributed by atoms with E-state index in [0.717, 1.165) is 19.2 Å². The normalized spacial score (nSPS) is 10.7. The van der Waals surface area contributed by atoms with E-state index in [0.29, 0.717) is 10.7 Å². The standard InChI is InChI=1S/C14H8Br2N2OS/c15-9-4-1-3-8(7-9)13(19)18-14-17-12-10(16)5-2-6-11(12)20-14/h1-7H,(H,17,18,19). The van der Waals surface area contributed by atoms with E-state index in [1.165, 1.54) is 11.3 Å². The Bertz CT molecular complexity index is 801. The van der Waals surface area contributed by atoms with Crippen molar-refractivity contribution < 1.29 is 4.79 Å². The molecule has 1 heterocycles. The molecular weight excluding hydrogens is 404 g/mol. The summed E-state index contributed by atoms with van der Waals surface area (Å²) < 4.78 is 2.83. The van der Waals surface area contributed by atoms with E-state index in [9.17, 15) is 4.79 Å². The van der Waals surface area contributed by atoms with Gasteiger partial charge in [0.25, 0.3) is 5.91 Å². The average molecular weight is 412 g/mol. The Labute approximate surface area is 136 Å². The van der Waals surface area contributed by atoms with Crippen LogP contribution in [0.4, 0.5) is 5.13 Å². The van der Waals surface area contributed by atoms with E-state index >= 15 is 0 Å². The maximum Gasteiger partial charge on any atom is 0.257 e. The van der Waals surface area contributed by atoms with E-state index < -0.39 is 0 Å². The average Bonchev–Trinajstić information content (AvgIpc) is 2.83. The number of anilines is 1. The number of benzene rings is 2. The number of nitrogens with zero attached hydrogens (tertiary/aromatic N) is 1. The molecule has 1 aromatic heterocycles. The summed E-state index contributed by atoms with van der Waals surface area (Å²) >= 11 is 8.26. The number of thiazole rings is 1. The van der Waals surface area contributed by atoms with Gasteiger partial charge < -0.3 is 0 Å². The highest BCUT2D eigenvalue weighted by molar-refractivity contribution is 9.11. The molecule has 20 heavy (non-hydrogen) atoms. The Balaban J connectivity index is 1.89. The van der Waals surface area contributed by atoms with Gasteiger partial charge in [-0.3, -0.25) is 10.1 Å². The van der Waals surface area contributed by atoms with E-state index in [1.54, 1.807) is 12.1 Å². The van der Waals surface area contributed by atoms with Gasteiger partial charge in [-0.25, -0.2) is 4.98 Å². The fourth-order valence-electron chi connectivity index (χ4n) is 1.77. The first-order valence-corrected chi connectivity index (χ1v) is 8.16. The molecule has 3 nitrogen and oxygen atoms in total. The van der Waals surface area contributed by atoms with Gasteiger partial charge in [0.05, 0.1) is 10.2 Å². The van der Waals surface area contributed by atoms with Crippen LogP contribution in [0, 0.1) is 0 Å². The summed E-state index contributed by atoms with van der Waals surface area (Å²) in [6, 6.07) is 13.1. The minimum absolute atomic E-state index is 0.165. The second-order valence-electron chi connectivity index (χ2n) is 4.07. The highest BCUT2D eigenvalue weighted by Crippen LogP contribution is 2.31. The molecular formula is C14H8Br2N2OS. The molecule has 1 N–H and O–H groups in total. The van der Waals surface area contributed by atoms with Crippen molar-refractivity contribution in [1.82, 2.24) is 4.98 Å². The molecule has 0 spiro atoms. The molecule has 0 fully saturated rings. The summed E-state index contributed by atoms with van der Waals surface area (Å²) in [5.74, 6) is -0.165. The minimum atomic E-state index is -0.165. The van der Waals surface area contributed by atoms with Crippen LogP contribution in [0.25, 0.3) is 10.2 Å². The first-order valence-electron chi connectivity index (χ1n) is 5.75. The number of carbonyl (C=O) groups is 1. The number of hydrogen-bond donors (Lipinski definition) is 1. The van der Waals surface area contributed by atoms with Crippen molar-refractivity contribution in [2.45, 2.75) is 0 Å². The Morgan fingerprint density at radius 1 is 1.15 bits per heavy atom. The Hall–Kier alpha value is -1.24. The number of amides is 1. The maximum atomic E-state index is 12.2. The fourth-order valence-corrected chi connectivity index (χ4v) is 3.64. The summed E-state index contributed by atoms with van der Waals surface area (Å²) in [6.45, 7) is 0. The van der Waals surface area contributed by atoms with Crippen LogP contribution < -0.4 is 5.32 Å². The van der Waals surface area contributed by atoms with Crippen LogP contribution >= 0.6 is 43.2 Å². The lowest BCUT2D eigenvalue weighted by Gasteiger charge is -2.01.